The average Bonchev–Trinajstić information content (AvgIpc) is 2.07. The van der Waals surface area contributed by atoms with Crippen LogP contribution in [0.5, 0.6) is 0 Å². The lowest BCUT2D eigenvalue weighted by Gasteiger charge is -2.41. The maximum Gasteiger partial charge on any atom is 0.0110 e. The second-order valence-electron chi connectivity index (χ2n) is 4.02. The summed E-state index contributed by atoms with van der Waals surface area (Å²) in [4.78, 5) is 7.08. The van der Waals surface area contributed by atoms with Crippen molar-refractivity contribution in [3.63, 3.8) is 0 Å². The van der Waals surface area contributed by atoms with Crippen molar-refractivity contribution in [2.75, 3.05) is 60.4 Å². The van der Waals surface area contributed by atoms with Crippen molar-refractivity contribution >= 4 is 0 Å². The molecule has 0 aromatic rings. The van der Waals surface area contributed by atoms with Crippen molar-refractivity contribution in [1.82, 2.24) is 14.7 Å². The number of hydrogen-bond donors (Lipinski definition) is 0. The van der Waals surface area contributed by atoms with Crippen molar-refractivity contribution in [3.05, 3.63) is 0 Å². The van der Waals surface area contributed by atoms with E-state index in [0.29, 0.717) is 0 Å². The van der Waals surface area contributed by atoms with Crippen molar-refractivity contribution in [3.8, 4) is 0 Å². The highest BCUT2D eigenvalue weighted by atomic mass is 15.3. The largest absolute Gasteiger partial charge is 0.312 e. The third kappa shape index (κ3) is 3.52. The number of hydrogen-bond acceptors (Lipinski definition) is 3. The molecule has 3 rings (SSSR count). The van der Waals surface area contributed by atoms with Gasteiger partial charge in [0.2, 0.25) is 0 Å². The maximum absolute atomic E-state index is 2.54. The fourth-order valence-corrected chi connectivity index (χ4v) is 1.52. The first-order valence-electron chi connectivity index (χ1n) is 4.74. The molecule has 0 saturated carbocycles. The Labute approximate surface area is 75.9 Å². The van der Waals surface area contributed by atoms with Crippen LogP contribution in [0.25, 0.3) is 0 Å². The van der Waals surface area contributed by atoms with Gasteiger partial charge in [-0.2, -0.15) is 0 Å². The van der Waals surface area contributed by atoms with Crippen LogP contribution >= 0.6 is 0 Å². The molecule has 2 bridgehead atoms. The van der Waals surface area contributed by atoms with Gasteiger partial charge in [-0.15, -0.1) is 0 Å². The molecule has 0 spiro atoms. The van der Waals surface area contributed by atoms with Crippen LogP contribution in [0.2, 0.25) is 0 Å². The molecule has 0 aromatic carbocycles. The molecule has 0 unspecified atom stereocenters. The van der Waals surface area contributed by atoms with Gasteiger partial charge in [0, 0.05) is 39.3 Å². The molecule has 0 N–H and O–H groups in total. The van der Waals surface area contributed by atoms with Gasteiger partial charge in [-0.25, -0.2) is 0 Å². The van der Waals surface area contributed by atoms with Gasteiger partial charge >= 0.3 is 0 Å². The van der Waals surface area contributed by atoms with Crippen LogP contribution in [0.1, 0.15) is 0 Å². The van der Waals surface area contributed by atoms with E-state index >= 15 is 0 Å². The van der Waals surface area contributed by atoms with Crippen LogP contribution in [0, 0.1) is 0 Å². The summed E-state index contributed by atoms with van der Waals surface area (Å²) in [5, 5.41) is 0. The Morgan fingerprint density at radius 1 is 0.667 bits per heavy atom. The first-order valence-corrected chi connectivity index (χ1v) is 4.74. The maximum atomic E-state index is 2.54. The van der Waals surface area contributed by atoms with Gasteiger partial charge in [0.15, 0.2) is 0 Å². The molecule has 3 aliphatic rings. The zero-order valence-corrected chi connectivity index (χ0v) is 8.58. The van der Waals surface area contributed by atoms with E-state index in [2.05, 4.69) is 9.80 Å². The normalized spacial score (nSPS) is 33.0. The standard InChI is InChI=1S/C6H12N2.C3H9N/c1-2-8-5-3-7(1)4-6-8;1-4(2)3/h1-6H2;1-3H3. The Kier molecular flexibility index (Phi) is 3.98. The third-order valence-electron chi connectivity index (χ3n) is 2.20. The summed E-state index contributed by atoms with van der Waals surface area (Å²) in [6.07, 6.45) is 0. The Balaban J connectivity index is 0.000000157. The van der Waals surface area contributed by atoms with Gasteiger partial charge in [-0.1, -0.05) is 0 Å². The molecule has 0 aromatic heterocycles. The molecule has 0 amide bonds. The van der Waals surface area contributed by atoms with Gasteiger partial charge in [0.1, 0.15) is 0 Å². The minimum atomic E-state index is 1.32. The number of rotatable bonds is 0. The van der Waals surface area contributed by atoms with E-state index < -0.39 is 0 Å². The zero-order valence-electron chi connectivity index (χ0n) is 8.58. The molecule has 3 saturated heterocycles. The van der Waals surface area contributed by atoms with E-state index in [-0.39, 0.29) is 0 Å². The zero-order chi connectivity index (χ0) is 8.97. The Morgan fingerprint density at radius 3 is 0.917 bits per heavy atom. The molecular formula is C9H21N3. The molecule has 0 aliphatic carbocycles. The summed E-state index contributed by atoms with van der Waals surface area (Å²) >= 11 is 0. The van der Waals surface area contributed by atoms with Gasteiger partial charge < -0.3 is 4.90 Å². The molecule has 3 aliphatic heterocycles. The lowest BCUT2D eigenvalue weighted by atomic mass is 10.2. The summed E-state index contributed by atoms with van der Waals surface area (Å²) in [6.45, 7) is 7.92. The van der Waals surface area contributed by atoms with Crippen molar-refractivity contribution in [2.24, 2.45) is 0 Å². The molecule has 3 heteroatoms. The van der Waals surface area contributed by atoms with Gasteiger partial charge in [0.25, 0.3) is 0 Å². The van der Waals surface area contributed by atoms with E-state index in [1.807, 2.05) is 26.0 Å². The summed E-state index contributed by atoms with van der Waals surface area (Å²) < 4.78 is 0. The summed E-state index contributed by atoms with van der Waals surface area (Å²) in [6, 6.07) is 0. The van der Waals surface area contributed by atoms with Crippen molar-refractivity contribution < 1.29 is 0 Å². The van der Waals surface area contributed by atoms with E-state index in [9.17, 15) is 0 Å². The first kappa shape index (κ1) is 9.96. The quantitative estimate of drug-likeness (QED) is 0.499. The summed E-state index contributed by atoms with van der Waals surface area (Å²) in [5.41, 5.74) is 0. The molecule has 72 valence electrons. The third-order valence-corrected chi connectivity index (χ3v) is 2.20. The highest BCUT2D eigenvalue weighted by Gasteiger charge is 2.21. The highest BCUT2D eigenvalue weighted by molar-refractivity contribution is 4.78. The molecule has 0 radical (unpaired) electrons. The van der Waals surface area contributed by atoms with Gasteiger partial charge in [-0.05, 0) is 21.1 Å². The number of nitrogens with zero attached hydrogens (tertiary/aromatic N) is 3. The topological polar surface area (TPSA) is 9.72 Å². The lowest BCUT2D eigenvalue weighted by molar-refractivity contribution is 0.0647. The van der Waals surface area contributed by atoms with Crippen LogP contribution in [-0.2, 0) is 0 Å². The lowest BCUT2D eigenvalue weighted by Crippen LogP contribution is -2.55. The van der Waals surface area contributed by atoms with Crippen molar-refractivity contribution in [1.29, 1.82) is 0 Å². The van der Waals surface area contributed by atoms with Crippen LogP contribution in [-0.4, -0.2) is 75.1 Å². The second kappa shape index (κ2) is 4.80. The SMILES string of the molecule is C1CN2CCN1CC2.CN(C)C. The van der Waals surface area contributed by atoms with Crippen LogP contribution in [0.3, 0.4) is 0 Å². The number of piperazine rings is 3. The minimum absolute atomic E-state index is 1.32. The highest BCUT2D eigenvalue weighted by Crippen LogP contribution is 2.06. The van der Waals surface area contributed by atoms with Crippen LogP contribution in [0.4, 0.5) is 0 Å². The summed E-state index contributed by atoms with van der Waals surface area (Å²) in [7, 11) is 6.00. The Bertz CT molecular complexity index is 91.2. The van der Waals surface area contributed by atoms with Gasteiger partial charge in [0.05, 0.1) is 0 Å². The average molecular weight is 171 g/mol. The van der Waals surface area contributed by atoms with E-state index in [4.69, 9.17) is 0 Å². The van der Waals surface area contributed by atoms with Crippen LogP contribution < -0.4 is 0 Å². The van der Waals surface area contributed by atoms with E-state index in [0.717, 1.165) is 0 Å². The molecular weight excluding hydrogens is 150 g/mol. The fourth-order valence-electron chi connectivity index (χ4n) is 1.52. The Hall–Kier alpha value is -0.120. The minimum Gasteiger partial charge on any atom is -0.312 e. The molecule has 0 atom stereocenters. The fraction of sp³-hybridized carbons (Fsp3) is 1.00. The predicted octanol–water partition coefficient (Wildman–Crippen LogP) is -0.205. The smallest absolute Gasteiger partial charge is 0.0110 e. The monoisotopic (exact) mass is 171 g/mol. The molecule has 12 heavy (non-hydrogen) atoms. The second-order valence-corrected chi connectivity index (χ2v) is 4.02. The first-order chi connectivity index (χ1) is 5.68. The molecule has 3 heterocycles. The molecule has 3 fully saturated rings. The summed E-state index contributed by atoms with van der Waals surface area (Å²) in [5.74, 6) is 0. The van der Waals surface area contributed by atoms with Gasteiger partial charge in [-0.3, -0.25) is 9.80 Å². The number of fused-ring (bicyclic) bond motifs is 3. The molecule has 3 nitrogen and oxygen atoms in total. The van der Waals surface area contributed by atoms with E-state index in [1.54, 1.807) is 0 Å². The van der Waals surface area contributed by atoms with E-state index in [1.165, 1.54) is 39.3 Å². The van der Waals surface area contributed by atoms with Crippen molar-refractivity contribution in [2.45, 2.75) is 0 Å². The van der Waals surface area contributed by atoms with Crippen LogP contribution in [0.15, 0.2) is 0 Å². The Morgan fingerprint density at radius 2 is 0.833 bits per heavy atom. The predicted molar refractivity (Wildman–Crippen MR) is 52.5 cm³/mol.